The summed E-state index contributed by atoms with van der Waals surface area (Å²) in [5.74, 6) is 0.665. The van der Waals surface area contributed by atoms with Crippen molar-refractivity contribution in [3.8, 4) is 5.75 Å². The predicted molar refractivity (Wildman–Crippen MR) is 87.4 cm³/mol. The molecule has 0 bridgehead atoms. The number of nitrogens with zero attached hydrogens (tertiary/aromatic N) is 3. The van der Waals surface area contributed by atoms with Crippen molar-refractivity contribution in [2.45, 2.75) is 12.1 Å². The zero-order chi connectivity index (χ0) is 17.6. The van der Waals surface area contributed by atoms with Crippen LogP contribution >= 0.6 is 0 Å². The highest BCUT2D eigenvalue weighted by molar-refractivity contribution is 5.90. The summed E-state index contributed by atoms with van der Waals surface area (Å²) in [4.78, 5) is 28.1. The van der Waals surface area contributed by atoms with Gasteiger partial charge in [0.05, 0.1) is 30.6 Å². The molecule has 0 radical (unpaired) electrons. The van der Waals surface area contributed by atoms with Crippen molar-refractivity contribution in [1.29, 1.82) is 0 Å². The largest absolute Gasteiger partial charge is 0.489 e. The third kappa shape index (κ3) is 2.70. The van der Waals surface area contributed by atoms with Crippen LogP contribution in [0.25, 0.3) is 0 Å². The summed E-state index contributed by atoms with van der Waals surface area (Å²) in [7, 11) is 0. The lowest BCUT2D eigenvalue weighted by molar-refractivity contribution is 0.0963. The van der Waals surface area contributed by atoms with E-state index in [0.717, 1.165) is 5.69 Å². The maximum atomic E-state index is 11.9. The second-order valence-electron chi connectivity index (χ2n) is 6.34. The number of cyclic esters (lactones) is 1. The monoisotopic (exact) mass is 349 g/mol. The smallest absolute Gasteiger partial charge is 0.414 e. The van der Waals surface area contributed by atoms with Gasteiger partial charge in [0, 0.05) is 25.7 Å². The Morgan fingerprint density at radius 2 is 2.12 bits per heavy atom. The van der Waals surface area contributed by atoms with E-state index in [1.807, 2.05) is 12.1 Å². The molecule has 0 aromatic heterocycles. The van der Waals surface area contributed by atoms with Crippen LogP contribution in [0.2, 0.25) is 0 Å². The maximum Gasteiger partial charge on any atom is 0.414 e. The Morgan fingerprint density at radius 1 is 1.28 bits per heavy atom. The third-order valence-electron chi connectivity index (χ3n) is 4.83. The standard InChI is InChI=1S/C16H19N3O6/c20-8-12-7-19(16(23)25-12)10-1-2-13-14(5-10)24-9-11-6-17(15(21)22)3-4-18(11)13/h1-2,5,11-12,20H,3-4,6-9H2,(H,21,22). The van der Waals surface area contributed by atoms with E-state index in [4.69, 9.17) is 19.7 Å². The highest BCUT2D eigenvalue weighted by Gasteiger charge is 2.36. The van der Waals surface area contributed by atoms with Crippen molar-refractivity contribution >= 4 is 23.6 Å². The Balaban J connectivity index is 1.55. The summed E-state index contributed by atoms with van der Waals surface area (Å²) >= 11 is 0. The van der Waals surface area contributed by atoms with Crippen LogP contribution in [-0.2, 0) is 4.74 Å². The van der Waals surface area contributed by atoms with E-state index in [0.29, 0.717) is 44.2 Å². The SMILES string of the molecule is O=C(O)N1CCN2c3ccc(N4CC(CO)OC4=O)cc3OCC2C1. The number of benzene rings is 1. The zero-order valence-electron chi connectivity index (χ0n) is 13.5. The molecule has 2 N–H and O–H groups in total. The number of ether oxygens (including phenoxy) is 2. The van der Waals surface area contributed by atoms with Gasteiger partial charge in [0.15, 0.2) is 0 Å². The van der Waals surface area contributed by atoms with Crippen LogP contribution in [0.3, 0.4) is 0 Å². The molecule has 3 aliphatic rings. The van der Waals surface area contributed by atoms with E-state index in [1.54, 1.807) is 6.07 Å². The Labute approximate surface area is 143 Å². The van der Waals surface area contributed by atoms with Gasteiger partial charge in [-0.3, -0.25) is 4.90 Å². The molecule has 9 nitrogen and oxygen atoms in total. The lowest BCUT2D eigenvalue weighted by atomic mass is 10.1. The summed E-state index contributed by atoms with van der Waals surface area (Å²) in [6.45, 7) is 1.94. The molecular formula is C16H19N3O6. The minimum absolute atomic E-state index is 0.0151. The number of carboxylic acid groups (broad SMARTS) is 1. The molecule has 134 valence electrons. The predicted octanol–water partition coefficient (Wildman–Crippen LogP) is 0.565. The number of fused-ring (bicyclic) bond motifs is 3. The van der Waals surface area contributed by atoms with Crippen molar-refractivity contribution in [1.82, 2.24) is 4.90 Å². The third-order valence-corrected chi connectivity index (χ3v) is 4.83. The minimum atomic E-state index is -0.910. The molecule has 2 fully saturated rings. The number of rotatable bonds is 2. The average Bonchev–Trinajstić information content (AvgIpc) is 3.01. The van der Waals surface area contributed by atoms with Crippen LogP contribution in [0, 0.1) is 0 Å². The van der Waals surface area contributed by atoms with Gasteiger partial charge in [-0.1, -0.05) is 0 Å². The first-order valence-electron chi connectivity index (χ1n) is 8.17. The summed E-state index contributed by atoms with van der Waals surface area (Å²) in [5.41, 5.74) is 1.55. The Morgan fingerprint density at radius 3 is 2.84 bits per heavy atom. The highest BCUT2D eigenvalue weighted by atomic mass is 16.6. The molecule has 0 spiro atoms. The Hall–Kier alpha value is -2.68. The summed E-state index contributed by atoms with van der Waals surface area (Å²) in [6.07, 6.45) is -1.91. The minimum Gasteiger partial charge on any atom is -0.489 e. The van der Waals surface area contributed by atoms with Crippen LogP contribution in [0.15, 0.2) is 18.2 Å². The van der Waals surface area contributed by atoms with Gasteiger partial charge < -0.3 is 29.5 Å². The first-order chi connectivity index (χ1) is 12.1. The highest BCUT2D eigenvalue weighted by Crippen LogP contribution is 2.38. The maximum absolute atomic E-state index is 11.9. The van der Waals surface area contributed by atoms with Crippen molar-refractivity contribution in [2.24, 2.45) is 0 Å². The van der Waals surface area contributed by atoms with E-state index >= 15 is 0 Å². The van der Waals surface area contributed by atoms with Gasteiger partial charge in [-0.25, -0.2) is 9.59 Å². The lowest BCUT2D eigenvalue weighted by Crippen LogP contribution is -2.58. The molecule has 25 heavy (non-hydrogen) atoms. The molecule has 0 aliphatic carbocycles. The molecular weight excluding hydrogens is 330 g/mol. The molecule has 1 aromatic carbocycles. The fourth-order valence-corrected chi connectivity index (χ4v) is 3.53. The van der Waals surface area contributed by atoms with E-state index in [9.17, 15) is 9.59 Å². The van der Waals surface area contributed by atoms with Crippen LogP contribution in [0.1, 0.15) is 0 Å². The van der Waals surface area contributed by atoms with Gasteiger partial charge in [0.2, 0.25) is 0 Å². The van der Waals surface area contributed by atoms with Crippen LogP contribution < -0.4 is 14.5 Å². The first-order valence-corrected chi connectivity index (χ1v) is 8.17. The van der Waals surface area contributed by atoms with Gasteiger partial charge in [0.25, 0.3) is 0 Å². The van der Waals surface area contributed by atoms with Crippen LogP contribution in [-0.4, -0.2) is 78.8 Å². The van der Waals surface area contributed by atoms with Crippen LogP contribution in [0.4, 0.5) is 21.0 Å². The molecule has 2 atom stereocenters. The van der Waals surface area contributed by atoms with Gasteiger partial charge in [-0.05, 0) is 12.1 Å². The van der Waals surface area contributed by atoms with Gasteiger partial charge in [-0.15, -0.1) is 0 Å². The lowest BCUT2D eigenvalue weighted by Gasteiger charge is -2.44. The number of amides is 2. The quantitative estimate of drug-likeness (QED) is 0.804. The normalized spacial score (nSPS) is 25.2. The summed E-state index contributed by atoms with van der Waals surface area (Å²) in [6, 6.07) is 5.47. The number of carbonyl (C=O) groups excluding carboxylic acids is 1. The van der Waals surface area contributed by atoms with E-state index in [-0.39, 0.29) is 12.6 Å². The number of anilines is 2. The number of aliphatic hydroxyl groups is 1. The molecule has 3 aliphatic heterocycles. The summed E-state index contributed by atoms with van der Waals surface area (Å²) in [5, 5.41) is 18.3. The number of aliphatic hydroxyl groups excluding tert-OH is 1. The second-order valence-corrected chi connectivity index (χ2v) is 6.34. The molecule has 2 saturated heterocycles. The second kappa shape index (κ2) is 5.99. The number of hydrogen-bond donors (Lipinski definition) is 2. The van der Waals surface area contributed by atoms with Crippen molar-refractivity contribution in [2.75, 3.05) is 49.2 Å². The van der Waals surface area contributed by atoms with Gasteiger partial charge >= 0.3 is 12.2 Å². The number of carbonyl (C=O) groups is 2. The molecule has 1 aromatic rings. The zero-order valence-corrected chi connectivity index (χ0v) is 13.5. The van der Waals surface area contributed by atoms with E-state index in [2.05, 4.69) is 4.90 Å². The molecule has 2 unspecified atom stereocenters. The van der Waals surface area contributed by atoms with Crippen molar-refractivity contribution in [3.05, 3.63) is 18.2 Å². The fourth-order valence-electron chi connectivity index (χ4n) is 3.53. The number of hydrogen-bond acceptors (Lipinski definition) is 6. The topological polar surface area (TPSA) is 103 Å². The average molecular weight is 349 g/mol. The van der Waals surface area contributed by atoms with Crippen molar-refractivity contribution in [3.63, 3.8) is 0 Å². The number of piperazine rings is 1. The molecule has 2 amide bonds. The molecule has 9 heteroatoms. The van der Waals surface area contributed by atoms with Gasteiger partial charge in [-0.2, -0.15) is 0 Å². The first kappa shape index (κ1) is 15.8. The summed E-state index contributed by atoms with van der Waals surface area (Å²) < 4.78 is 10.9. The fraction of sp³-hybridized carbons (Fsp3) is 0.500. The molecule has 3 heterocycles. The van der Waals surface area contributed by atoms with E-state index < -0.39 is 18.3 Å². The Bertz CT molecular complexity index is 711. The van der Waals surface area contributed by atoms with Crippen LogP contribution in [0.5, 0.6) is 5.75 Å². The molecule has 4 rings (SSSR count). The molecule has 0 saturated carbocycles. The Kier molecular flexibility index (Phi) is 3.79. The van der Waals surface area contributed by atoms with E-state index in [1.165, 1.54) is 9.80 Å². The van der Waals surface area contributed by atoms with Crippen molar-refractivity contribution < 1.29 is 29.3 Å². The van der Waals surface area contributed by atoms with Gasteiger partial charge in [0.1, 0.15) is 18.5 Å².